The Balaban J connectivity index is 1.71. The molecule has 2 fully saturated rings. The fourth-order valence-corrected chi connectivity index (χ4v) is 3.85. The minimum atomic E-state index is -0.870. The lowest BCUT2D eigenvalue weighted by Gasteiger charge is -2.24. The first-order chi connectivity index (χ1) is 8.63. The highest BCUT2D eigenvalue weighted by atomic mass is 19.1. The molecule has 4 atom stereocenters. The van der Waals surface area contributed by atoms with E-state index < -0.39 is 17.7 Å². The van der Waals surface area contributed by atoms with Gasteiger partial charge in [0.25, 0.3) is 0 Å². The van der Waals surface area contributed by atoms with Crippen molar-refractivity contribution in [1.29, 1.82) is 0 Å². The Morgan fingerprint density at radius 2 is 2.06 bits per heavy atom. The summed E-state index contributed by atoms with van der Waals surface area (Å²) in [5.74, 6) is 0.998. The maximum absolute atomic E-state index is 13.6. The lowest BCUT2D eigenvalue weighted by Crippen LogP contribution is -2.15. The Morgan fingerprint density at radius 3 is 2.72 bits per heavy atom. The maximum Gasteiger partial charge on any atom is 0.129 e. The van der Waals surface area contributed by atoms with Gasteiger partial charge < -0.3 is 5.11 Å². The molecule has 0 radical (unpaired) electrons. The SMILES string of the molecule is OC(CC1CC2CCC1C2)c1cc(F)ccc1F. The Kier molecular flexibility index (Phi) is 3.10. The number of benzene rings is 1. The summed E-state index contributed by atoms with van der Waals surface area (Å²) < 4.78 is 26.6. The van der Waals surface area contributed by atoms with E-state index in [0.29, 0.717) is 18.3 Å². The predicted molar refractivity (Wildman–Crippen MR) is 64.9 cm³/mol. The highest BCUT2D eigenvalue weighted by molar-refractivity contribution is 5.21. The van der Waals surface area contributed by atoms with Gasteiger partial charge in [0.15, 0.2) is 0 Å². The smallest absolute Gasteiger partial charge is 0.129 e. The molecule has 1 aromatic carbocycles. The lowest BCUT2D eigenvalue weighted by molar-refractivity contribution is 0.122. The van der Waals surface area contributed by atoms with E-state index in [9.17, 15) is 13.9 Å². The third-order valence-corrected chi connectivity index (χ3v) is 4.73. The van der Waals surface area contributed by atoms with Gasteiger partial charge in [-0.25, -0.2) is 8.78 Å². The Bertz CT molecular complexity index is 446. The van der Waals surface area contributed by atoms with Gasteiger partial charge in [-0.2, -0.15) is 0 Å². The monoisotopic (exact) mass is 252 g/mol. The van der Waals surface area contributed by atoms with Crippen molar-refractivity contribution in [2.75, 3.05) is 0 Å². The topological polar surface area (TPSA) is 20.2 Å². The molecule has 0 amide bonds. The second kappa shape index (κ2) is 4.61. The highest BCUT2D eigenvalue weighted by Gasteiger charge is 2.40. The van der Waals surface area contributed by atoms with E-state index in [1.54, 1.807) is 0 Å². The fraction of sp³-hybridized carbons (Fsp3) is 0.600. The number of aliphatic hydroxyl groups is 1. The van der Waals surface area contributed by atoms with Crippen molar-refractivity contribution >= 4 is 0 Å². The van der Waals surface area contributed by atoms with Gasteiger partial charge in [-0.3, -0.25) is 0 Å². The first kappa shape index (κ1) is 12.1. The Labute approximate surface area is 106 Å². The summed E-state index contributed by atoms with van der Waals surface area (Å²) in [6.07, 6.45) is 4.67. The fourth-order valence-electron chi connectivity index (χ4n) is 3.85. The van der Waals surface area contributed by atoms with E-state index in [4.69, 9.17) is 0 Å². The zero-order valence-corrected chi connectivity index (χ0v) is 10.3. The summed E-state index contributed by atoms with van der Waals surface area (Å²) in [5.41, 5.74) is 0.109. The third-order valence-electron chi connectivity index (χ3n) is 4.73. The van der Waals surface area contributed by atoms with Crippen LogP contribution in [0.15, 0.2) is 18.2 Å². The quantitative estimate of drug-likeness (QED) is 0.867. The number of rotatable bonds is 3. The summed E-state index contributed by atoms with van der Waals surface area (Å²) in [4.78, 5) is 0. The van der Waals surface area contributed by atoms with Crippen LogP contribution < -0.4 is 0 Å². The molecule has 4 unspecified atom stereocenters. The van der Waals surface area contributed by atoms with Crippen molar-refractivity contribution in [3.8, 4) is 0 Å². The van der Waals surface area contributed by atoms with E-state index >= 15 is 0 Å². The zero-order chi connectivity index (χ0) is 12.7. The minimum Gasteiger partial charge on any atom is -0.388 e. The van der Waals surface area contributed by atoms with Gasteiger partial charge >= 0.3 is 0 Å². The van der Waals surface area contributed by atoms with Crippen LogP contribution in [0.4, 0.5) is 8.78 Å². The van der Waals surface area contributed by atoms with E-state index in [1.165, 1.54) is 19.3 Å². The first-order valence-corrected chi connectivity index (χ1v) is 6.76. The highest BCUT2D eigenvalue weighted by Crippen LogP contribution is 2.51. The van der Waals surface area contributed by atoms with Gasteiger partial charge in [-0.1, -0.05) is 6.42 Å². The Hall–Kier alpha value is -0.960. The molecule has 0 heterocycles. The first-order valence-electron chi connectivity index (χ1n) is 6.76. The Morgan fingerprint density at radius 1 is 1.22 bits per heavy atom. The van der Waals surface area contributed by atoms with Crippen molar-refractivity contribution < 1.29 is 13.9 Å². The second-order valence-corrected chi connectivity index (χ2v) is 5.85. The van der Waals surface area contributed by atoms with Gasteiger partial charge in [0.1, 0.15) is 11.6 Å². The maximum atomic E-state index is 13.6. The molecule has 0 spiro atoms. The van der Waals surface area contributed by atoms with Gasteiger partial charge in [0.2, 0.25) is 0 Å². The van der Waals surface area contributed by atoms with E-state index in [-0.39, 0.29) is 5.56 Å². The molecule has 0 saturated heterocycles. The number of halogens is 2. The average molecular weight is 252 g/mol. The molecule has 2 saturated carbocycles. The van der Waals surface area contributed by atoms with Crippen LogP contribution in [0.5, 0.6) is 0 Å². The van der Waals surface area contributed by atoms with E-state index in [2.05, 4.69) is 0 Å². The standard InChI is InChI=1S/C15H18F2O/c16-12-3-4-14(17)13(8-12)15(18)7-11-6-9-1-2-10(11)5-9/h3-4,8-11,15,18H,1-2,5-7H2. The summed E-state index contributed by atoms with van der Waals surface area (Å²) in [6.45, 7) is 0. The number of hydrogen-bond donors (Lipinski definition) is 1. The van der Waals surface area contributed by atoms with Crippen LogP contribution in [0.2, 0.25) is 0 Å². The van der Waals surface area contributed by atoms with Crippen LogP contribution in [0.25, 0.3) is 0 Å². The van der Waals surface area contributed by atoms with E-state index in [0.717, 1.165) is 30.5 Å². The molecule has 1 N–H and O–H groups in total. The lowest BCUT2D eigenvalue weighted by atomic mass is 9.83. The molecule has 2 aliphatic rings. The van der Waals surface area contributed by atoms with Crippen LogP contribution in [0.3, 0.4) is 0 Å². The number of aliphatic hydroxyl groups excluding tert-OH is 1. The van der Waals surface area contributed by atoms with Gasteiger partial charge in [-0.05, 0) is 61.6 Å². The molecule has 98 valence electrons. The van der Waals surface area contributed by atoms with Crippen LogP contribution in [0.1, 0.15) is 43.8 Å². The molecule has 3 rings (SSSR count). The van der Waals surface area contributed by atoms with Crippen molar-refractivity contribution in [1.82, 2.24) is 0 Å². The second-order valence-electron chi connectivity index (χ2n) is 5.85. The van der Waals surface area contributed by atoms with Crippen molar-refractivity contribution in [3.05, 3.63) is 35.4 Å². The zero-order valence-electron chi connectivity index (χ0n) is 10.3. The van der Waals surface area contributed by atoms with Gasteiger partial charge in [0, 0.05) is 5.56 Å². The van der Waals surface area contributed by atoms with Crippen LogP contribution in [0, 0.1) is 29.4 Å². The molecule has 2 bridgehead atoms. The summed E-state index contributed by atoms with van der Waals surface area (Å²) in [7, 11) is 0. The van der Waals surface area contributed by atoms with Gasteiger partial charge in [0.05, 0.1) is 6.10 Å². The summed E-state index contributed by atoms with van der Waals surface area (Å²) >= 11 is 0. The normalized spacial score (nSPS) is 31.8. The minimum absolute atomic E-state index is 0.109. The van der Waals surface area contributed by atoms with Crippen molar-refractivity contribution in [3.63, 3.8) is 0 Å². The molecule has 0 aromatic heterocycles. The predicted octanol–water partition coefficient (Wildman–Crippen LogP) is 3.82. The van der Waals surface area contributed by atoms with Crippen LogP contribution in [-0.2, 0) is 0 Å². The average Bonchev–Trinajstić information content (AvgIpc) is 2.94. The molecule has 0 aliphatic heterocycles. The summed E-state index contributed by atoms with van der Waals surface area (Å²) in [6, 6.07) is 3.30. The van der Waals surface area contributed by atoms with Crippen LogP contribution in [-0.4, -0.2) is 5.11 Å². The van der Waals surface area contributed by atoms with Gasteiger partial charge in [-0.15, -0.1) is 0 Å². The van der Waals surface area contributed by atoms with Crippen molar-refractivity contribution in [2.24, 2.45) is 17.8 Å². The number of hydrogen-bond acceptors (Lipinski definition) is 1. The van der Waals surface area contributed by atoms with E-state index in [1.807, 2.05) is 0 Å². The molecular formula is C15H18F2O. The molecule has 3 heteroatoms. The summed E-state index contributed by atoms with van der Waals surface area (Å²) in [5, 5.41) is 10.1. The molecular weight excluding hydrogens is 234 g/mol. The molecule has 1 nitrogen and oxygen atoms in total. The third kappa shape index (κ3) is 2.16. The van der Waals surface area contributed by atoms with Crippen LogP contribution >= 0.6 is 0 Å². The molecule has 2 aliphatic carbocycles. The largest absolute Gasteiger partial charge is 0.388 e. The molecule has 1 aromatic rings. The number of fused-ring (bicyclic) bond motifs is 2. The molecule has 18 heavy (non-hydrogen) atoms. The van der Waals surface area contributed by atoms with Crippen molar-refractivity contribution in [2.45, 2.75) is 38.2 Å².